The fourth-order valence-corrected chi connectivity index (χ4v) is 3.33. The van der Waals surface area contributed by atoms with Gasteiger partial charge in [0.2, 0.25) is 0 Å². The van der Waals surface area contributed by atoms with Crippen molar-refractivity contribution in [2.75, 3.05) is 19.6 Å². The van der Waals surface area contributed by atoms with Gasteiger partial charge in [0, 0.05) is 11.1 Å². The molecule has 1 N–H and O–H groups in total. The molecule has 0 aromatic heterocycles. The van der Waals surface area contributed by atoms with Crippen LogP contribution in [0.25, 0.3) is 0 Å². The minimum absolute atomic E-state index is 0.671. The third kappa shape index (κ3) is 2.50. The Morgan fingerprint density at radius 3 is 2.13 bits per heavy atom. The van der Waals surface area contributed by atoms with Crippen LogP contribution in [0.15, 0.2) is 48.5 Å². The number of benzene rings is 2. The molecule has 0 bridgehead atoms. The molecule has 0 aliphatic carbocycles. The lowest BCUT2D eigenvalue weighted by molar-refractivity contribution is 0.131. The van der Waals surface area contributed by atoms with Crippen LogP contribution in [0.5, 0.6) is 11.5 Å². The number of hydrogen-bond donors (Lipinski definition) is 1. The normalized spacial score (nSPS) is 18.3. The predicted molar refractivity (Wildman–Crippen MR) is 89.4 cm³/mol. The molecule has 0 spiro atoms. The van der Waals surface area contributed by atoms with Gasteiger partial charge in [-0.15, -0.1) is 0 Å². The number of para-hydroxylation sites is 2. The first-order valence-electron chi connectivity index (χ1n) is 8.09. The summed E-state index contributed by atoms with van der Waals surface area (Å²) in [5.41, 5.74) is 0.116. The fourth-order valence-electron chi connectivity index (χ4n) is 3.33. The van der Waals surface area contributed by atoms with Crippen LogP contribution >= 0.6 is 0 Å². The zero-order valence-corrected chi connectivity index (χ0v) is 13.0. The van der Waals surface area contributed by atoms with Crippen molar-refractivity contribution in [1.29, 1.82) is 0 Å². The van der Waals surface area contributed by atoms with Crippen molar-refractivity contribution in [2.45, 2.75) is 18.4 Å². The van der Waals surface area contributed by atoms with E-state index in [9.17, 15) is 5.11 Å². The van der Waals surface area contributed by atoms with Crippen LogP contribution in [0.3, 0.4) is 0 Å². The number of nitrogens with zero attached hydrogens (tertiary/aromatic N) is 1. The van der Waals surface area contributed by atoms with E-state index < -0.39 is 5.60 Å². The Labute approximate surface area is 136 Å². The maximum atomic E-state index is 11.4. The van der Waals surface area contributed by atoms with Gasteiger partial charge in [-0.25, -0.2) is 0 Å². The van der Waals surface area contributed by atoms with Gasteiger partial charge in [-0.1, -0.05) is 48.2 Å². The molecule has 2 aromatic rings. The molecule has 2 aromatic carbocycles. The molecule has 0 atom stereocenters. The highest BCUT2D eigenvalue weighted by atomic mass is 16.5. The molecule has 1 fully saturated rings. The molecule has 23 heavy (non-hydrogen) atoms. The molecular weight excluding hydrogens is 286 g/mol. The summed E-state index contributed by atoms with van der Waals surface area (Å²) in [5.74, 6) is 7.65. The average molecular weight is 305 g/mol. The van der Waals surface area contributed by atoms with E-state index >= 15 is 0 Å². The molecule has 0 saturated carbocycles. The van der Waals surface area contributed by atoms with E-state index in [2.05, 4.69) is 16.7 Å². The average Bonchev–Trinajstić information content (AvgIpc) is 3.09. The largest absolute Gasteiger partial charge is 0.456 e. The van der Waals surface area contributed by atoms with Crippen LogP contribution in [0.4, 0.5) is 0 Å². The highest BCUT2D eigenvalue weighted by Gasteiger charge is 2.38. The van der Waals surface area contributed by atoms with Crippen LogP contribution in [0.2, 0.25) is 0 Å². The molecule has 3 heteroatoms. The number of hydrogen-bond acceptors (Lipinski definition) is 3. The van der Waals surface area contributed by atoms with E-state index in [0.717, 1.165) is 13.1 Å². The van der Waals surface area contributed by atoms with Crippen molar-refractivity contribution < 1.29 is 9.84 Å². The first-order chi connectivity index (χ1) is 11.3. The van der Waals surface area contributed by atoms with Crippen LogP contribution in [-0.2, 0) is 5.60 Å². The number of fused-ring (bicyclic) bond motifs is 2. The highest BCUT2D eigenvalue weighted by molar-refractivity contribution is 5.59. The number of likely N-dealkylation sites (tertiary alicyclic amines) is 1. The quantitative estimate of drug-likeness (QED) is 0.822. The standard InChI is InChI=1S/C20H19NO2/c22-20(12-7-15-21-13-5-6-14-21)16-8-1-3-10-18(16)23-19-11-4-2-9-17(19)20/h1-4,8-11,22H,5-6,13-15H2. The van der Waals surface area contributed by atoms with Gasteiger partial charge in [0.05, 0.1) is 6.54 Å². The van der Waals surface area contributed by atoms with Gasteiger partial charge in [-0.2, -0.15) is 0 Å². The van der Waals surface area contributed by atoms with Crippen molar-refractivity contribution in [3.8, 4) is 23.3 Å². The molecule has 2 aliphatic rings. The van der Waals surface area contributed by atoms with Crippen molar-refractivity contribution in [1.82, 2.24) is 4.90 Å². The van der Waals surface area contributed by atoms with Crippen molar-refractivity contribution in [2.24, 2.45) is 0 Å². The van der Waals surface area contributed by atoms with E-state index in [1.54, 1.807) is 0 Å². The Morgan fingerprint density at radius 2 is 1.52 bits per heavy atom. The van der Waals surface area contributed by atoms with E-state index in [4.69, 9.17) is 4.74 Å². The zero-order valence-electron chi connectivity index (χ0n) is 13.0. The van der Waals surface area contributed by atoms with E-state index in [1.165, 1.54) is 12.8 Å². The Morgan fingerprint density at radius 1 is 0.957 bits per heavy atom. The third-order valence-electron chi connectivity index (χ3n) is 4.54. The van der Waals surface area contributed by atoms with Gasteiger partial charge in [-0.3, -0.25) is 4.90 Å². The summed E-state index contributed by atoms with van der Waals surface area (Å²) in [4.78, 5) is 2.33. The molecular formula is C20H19NO2. The molecule has 2 heterocycles. The second-order valence-electron chi connectivity index (χ2n) is 6.09. The molecule has 0 amide bonds. The van der Waals surface area contributed by atoms with Gasteiger partial charge in [0.15, 0.2) is 5.60 Å². The fraction of sp³-hybridized carbons (Fsp3) is 0.300. The monoisotopic (exact) mass is 305 g/mol. The zero-order chi connectivity index (χ0) is 15.7. The Hall–Kier alpha value is -2.28. The second-order valence-corrected chi connectivity index (χ2v) is 6.09. The summed E-state index contributed by atoms with van der Waals surface area (Å²) >= 11 is 0. The summed E-state index contributed by atoms with van der Waals surface area (Å²) in [6.45, 7) is 2.90. The molecule has 3 nitrogen and oxygen atoms in total. The lowest BCUT2D eigenvalue weighted by atomic mass is 9.84. The lowest BCUT2D eigenvalue weighted by Gasteiger charge is -2.32. The second kappa shape index (κ2) is 5.73. The lowest BCUT2D eigenvalue weighted by Crippen LogP contribution is -2.30. The number of aliphatic hydroxyl groups is 1. The SMILES string of the molecule is OC1(C#CCN2CCCC2)c2ccccc2Oc2ccccc21. The van der Waals surface area contributed by atoms with Crippen LogP contribution in [-0.4, -0.2) is 29.6 Å². The molecule has 116 valence electrons. The first-order valence-corrected chi connectivity index (χ1v) is 8.09. The maximum absolute atomic E-state index is 11.4. The molecule has 0 radical (unpaired) electrons. The summed E-state index contributed by atoms with van der Waals surface area (Å²) in [7, 11) is 0. The van der Waals surface area contributed by atoms with Crippen molar-refractivity contribution in [3.05, 3.63) is 59.7 Å². The smallest absolute Gasteiger partial charge is 0.184 e. The molecule has 2 aliphatic heterocycles. The minimum atomic E-state index is -1.31. The Balaban J connectivity index is 1.75. The van der Waals surface area contributed by atoms with Crippen LogP contribution < -0.4 is 4.74 Å². The highest BCUT2D eigenvalue weighted by Crippen LogP contribution is 2.46. The van der Waals surface area contributed by atoms with Gasteiger partial charge >= 0.3 is 0 Å². The molecule has 0 unspecified atom stereocenters. The molecule has 1 saturated heterocycles. The van der Waals surface area contributed by atoms with Gasteiger partial charge < -0.3 is 9.84 Å². The van der Waals surface area contributed by atoms with Crippen molar-refractivity contribution >= 4 is 0 Å². The Bertz CT molecular complexity index is 736. The van der Waals surface area contributed by atoms with E-state index in [1.807, 2.05) is 48.5 Å². The topological polar surface area (TPSA) is 32.7 Å². The summed E-state index contributed by atoms with van der Waals surface area (Å²) in [6.07, 6.45) is 2.48. The maximum Gasteiger partial charge on any atom is 0.184 e. The van der Waals surface area contributed by atoms with Gasteiger partial charge in [0.1, 0.15) is 11.5 Å². The summed E-state index contributed by atoms with van der Waals surface area (Å²) in [6, 6.07) is 15.1. The van der Waals surface area contributed by atoms with Gasteiger partial charge in [-0.05, 0) is 38.1 Å². The summed E-state index contributed by atoms with van der Waals surface area (Å²) < 4.78 is 5.91. The van der Waals surface area contributed by atoms with Crippen LogP contribution in [0, 0.1) is 11.8 Å². The predicted octanol–water partition coefficient (Wildman–Crippen LogP) is 3.13. The van der Waals surface area contributed by atoms with Crippen molar-refractivity contribution in [3.63, 3.8) is 0 Å². The van der Waals surface area contributed by atoms with E-state index in [-0.39, 0.29) is 0 Å². The van der Waals surface area contributed by atoms with Crippen LogP contribution in [0.1, 0.15) is 24.0 Å². The number of rotatable bonds is 1. The van der Waals surface area contributed by atoms with Gasteiger partial charge in [0.25, 0.3) is 0 Å². The number of ether oxygens (including phenoxy) is 1. The third-order valence-corrected chi connectivity index (χ3v) is 4.54. The molecule has 4 rings (SSSR count). The first kappa shape index (κ1) is 14.3. The Kier molecular flexibility index (Phi) is 3.57. The summed E-state index contributed by atoms with van der Waals surface area (Å²) in [5, 5.41) is 11.4. The van der Waals surface area contributed by atoms with E-state index in [0.29, 0.717) is 29.2 Å². The minimum Gasteiger partial charge on any atom is -0.456 e.